The number of aliphatic hydroxyl groups is 1. The van der Waals surface area contributed by atoms with Crippen LogP contribution in [-0.4, -0.2) is 153 Å². The van der Waals surface area contributed by atoms with E-state index in [1.165, 1.54) is 11.0 Å². The Hall–Kier alpha value is -6.53. The van der Waals surface area contributed by atoms with Gasteiger partial charge in [-0.05, 0) is 79.8 Å². The van der Waals surface area contributed by atoms with Crippen molar-refractivity contribution in [1.29, 1.82) is 0 Å². The quantitative estimate of drug-likeness (QED) is 0.0294. The Kier molecular flexibility index (Phi) is 21.3. The highest BCUT2D eigenvalue weighted by Gasteiger charge is 2.44. The number of aromatic nitrogens is 6. The summed E-state index contributed by atoms with van der Waals surface area (Å²) in [5.41, 5.74) is 6.93. The molecular weight excluding hydrogens is 1030 g/mol. The van der Waals surface area contributed by atoms with E-state index >= 15 is 0 Å². The van der Waals surface area contributed by atoms with Crippen molar-refractivity contribution in [1.82, 2.24) is 45.5 Å². The van der Waals surface area contributed by atoms with Crippen LogP contribution in [0.2, 0.25) is 5.02 Å². The van der Waals surface area contributed by atoms with Crippen molar-refractivity contribution in [3.8, 4) is 28.0 Å². The lowest BCUT2D eigenvalue weighted by Crippen LogP contribution is -2.58. The van der Waals surface area contributed by atoms with Crippen molar-refractivity contribution in [2.75, 3.05) is 66.0 Å². The average molecular weight is 1100 g/mol. The standard InChI is InChI=1S/C54H68ClN9O12S/c1-34-10-15-40(26-41(34)52(69)70)76-53-58-43-27-42(55)46(28-44(43)59-53)75-17-8-6-7-9-38-30-63(62-61-38)16-18-71-19-20-72-21-22-73-23-24-74-32-47(66)60-49(54(3,4)5)51(68)64-31-39(65)25-45(64)50(67)56-29-36-11-13-37(14-12-36)48-35(2)57-33-77-48/h10-15,26-28,30,33,39,45,49,65H,6-9,16-25,29,31-32H2,1-5H3,(H,56,67)(H,58,59)(H,60,66)(H,69,70)/t39-,45+,49-/m1/s1. The molecule has 0 aliphatic carbocycles. The molecule has 0 unspecified atom stereocenters. The van der Waals surface area contributed by atoms with E-state index in [0.29, 0.717) is 79.3 Å². The van der Waals surface area contributed by atoms with Crippen LogP contribution in [0.1, 0.15) is 79.3 Å². The number of aliphatic hydroxyl groups excluding tert-OH is 1. The van der Waals surface area contributed by atoms with Gasteiger partial charge in [0, 0.05) is 31.8 Å². The van der Waals surface area contributed by atoms with Gasteiger partial charge < -0.3 is 59.2 Å². The first-order valence-corrected chi connectivity index (χ1v) is 26.9. The topological polar surface area (TPSA) is 264 Å². The highest BCUT2D eigenvalue weighted by atomic mass is 35.5. The number of aryl methyl sites for hydroxylation is 3. The fourth-order valence-electron chi connectivity index (χ4n) is 8.45. The van der Waals surface area contributed by atoms with Crippen LogP contribution in [0.5, 0.6) is 17.5 Å². The first-order valence-electron chi connectivity index (χ1n) is 25.6. The summed E-state index contributed by atoms with van der Waals surface area (Å²) < 4.78 is 35.9. The number of nitrogens with one attached hydrogen (secondary N) is 3. The van der Waals surface area contributed by atoms with E-state index in [-0.39, 0.29) is 56.8 Å². The van der Waals surface area contributed by atoms with Gasteiger partial charge in [0.1, 0.15) is 30.2 Å². The first-order chi connectivity index (χ1) is 37.0. The van der Waals surface area contributed by atoms with Gasteiger partial charge in [0.15, 0.2) is 0 Å². The summed E-state index contributed by atoms with van der Waals surface area (Å²) in [7, 11) is 0. The monoisotopic (exact) mass is 1100 g/mol. The molecule has 4 heterocycles. The summed E-state index contributed by atoms with van der Waals surface area (Å²) in [6, 6.07) is 14.5. The van der Waals surface area contributed by atoms with Gasteiger partial charge in [-0.3, -0.25) is 14.4 Å². The van der Waals surface area contributed by atoms with E-state index in [1.807, 2.05) is 63.7 Å². The summed E-state index contributed by atoms with van der Waals surface area (Å²) in [5.74, 6) is -1.50. The molecule has 21 nitrogen and oxygen atoms in total. The van der Waals surface area contributed by atoms with Gasteiger partial charge in [0.05, 0.1) is 109 Å². The maximum atomic E-state index is 13.9. The molecule has 0 radical (unpaired) electrons. The Morgan fingerprint density at radius 3 is 2.34 bits per heavy atom. The second kappa shape index (κ2) is 28.2. The SMILES string of the molecule is Cc1ccc(Oc2nc3cc(OCCCCCc4cn(CCOCCOCCOCCOCC(=O)N[C@H](C(=O)N5C[C@H](O)C[C@H]5C(=O)NCc5ccc(-c6scnc6C)cc5)C(C)(C)C)nn4)c(Cl)cc3[nH]2)cc1C(=O)O. The number of β-amino-alcohol motifs (C(OH)–C–C–N with tert-alkyl or cyclic N) is 1. The van der Waals surface area contributed by atoms with E-state index in [4.69, 9.17) is 40.0 Å². The van der Waals surface area contributed by atoms with Crippen molar-refractivity contribution < 1.29 is 57.8 Å². The number of hydrogen-bond donors (Lipinski definition) is 5. The molecule has 3 amide bonds. The number of carboxylic acids is 1. The van der Waals surface area contributed by atoms with Gasteiger partial charge in [-0.25, -0.2) is 14.5 Å². The number of rotatable bonds is 30. The molecule has 6 aromatic rings. The Bertz CT molecular complexity index is 2910. The number of imidazole rings is 1. The fraction of sp³-hybridized carbons (Fsp3) is 0.481. The number of fused-ring (bicyclic) bond motifs is 1. The maximum absolute atomic E-state index is 13.9. The molecule has 414 valence electrons. The number of benzene rings is 3. The Labute approximate surface area is 455 Å². The molecule has 0 bridgehead atoms. The van der Waals surface area contributed by atoms with Crippen LogP contribution in [-0.2, 0) is 52.8 Å². The summed E-state index contributed by atoms with van der Waals surface area (Å²) in [4.78, 5) is 66.1. The van der Waals surface area contributed by atoms with Crippen LogP contribution in [0.3, 0.4) is 0 Å². The summed E-state index contributed by atoms with van der Waals surface area (Å²) in [6.07, 6.45) is 4.54. The molecule has 7 rings (SSSR count). The number of likely N-dealkylation sites (tertiary alicyclic amines) is 1. The molecule has 0 spiro atoms. The Morgan fingerprint density at radius 2 is 1.64 bits per heavy atom. The lowest BCUT2D eigenvalue weighted by Gasteiger charge is -2.35. The smallest absolute Gasteiger partial charge is 0.336 e. The molecule has 0 saturated carbocycles. The zero-order valence-corrected chi connectivity index (χ0v) is 45.6. The lowest BCUT2D eigenvalue weighted by atomic mass is 9.85. The minimum Gasteiger partial charge on any atom is -0.492 e. The van der Waals surface area contributed by atoms with E-state index in [2.05, 4.69) is 35.9 Å². The van der Waals surface area contributed by atoms with Crippen LogP contribution < -0.4 is 20.1 Å². The van der Waals surface area contributed by atoms with Crippen molar-refractivity contribution >= 4 is 57.7 Å². The van der Waals surface area contributed by atoms with Gasteiger partial charge in [-0.15, -0.1) is 16.4 Å². The number of halogens is 1. The van der Waals surface area contributed by atoms with Gasteiger partial charge in [0.2, 0.25) is 17.7 Å². The Balaban J connectivity index is 0.687. The van der Waals surface area contributed by atoms with Gasteiger partial charge in [0.25, 0.3) is 6.01 Å². The molecule has 3 aromatic heterocycles. The fourth-order valence-corrected chi connectivity index (χ4v) is 9.48. The number of ether oxygens (including phenoxy) is 6. The molecule has 1 fully saturated rings. The number of thiazole rings is 1. The van der Waals surface area contributed by atoms with Crippen molar-refractivity contribution in [3.63, 3.8) is 0 Å². The number of carboxylic acid groups (broad SMARTS) is 1. The summed E-state index contributed by atoms with van der Waals surface area (Å²) in [6.45, 7) is 12.4. The molecule has 1 saturated heterocycles. The molecule has 5 N–H and O–H groups in total. The number of amides is 3. The normalized spacial score (nSPS) is 15.0. The summed E-state index contributed by atoms with van der Waals surface area (Å²) >= 11 is 8.06. The first kappa shape index (κ1) is 58.2. The zero-order valence-electron chi connectivity index (χ0n) is 44.1. The Morgan fingerprint density at radius 1 is 0.909 bits per heavy atom. The van der Waals surface area contributed by atoms with Crippen LogP contribution in [0.15, 0.2) is 66.3 Å². The highest BCUT2D eigenvalue weighted by Crippen LogP contribution is 2.33. The third-order valence-corrected chi connectivity index (χ3v) is 13.9. The second-order valence-electron chi connectivity index (χ2n) is 19.7. The number of aromatic amines is 1. The average Bonchev–Trinajstić information content (AvgIpc) is 4.23. The zero-order chi connectivity index (χ0) is 54.9. The number of unbranched alkanes of at least 4 members (excludes halogenated alkanes) is 2. The molecular formula is C54H68ClN9O12S. The maximum Gasteiger partial charge on any atom is 0.336 e. The number of hydrogen-bond acceptors (Lipinski definition) is 16. The third-order valence-electron chi connectivity index (χ3n) is 12.6. The highest BCUT2D eigenvalue weighted by molar-refractivity contribution is 7.13. The van der Waals surface area contributed by atoms with Gasteiger partial charge in [-0.1, -0.05) is 67.9 Å². The van der Waals surface area contributed by atoms with Crippen molar-refractivity contribution in [2.45, 2.75) is 98.0 Å². The van der Waals surface area contributed by atoms with Crippen molar-refractivity contribution in [2.24, 2.45) is 5.41 Å². The predicted molar refractivity (Wildman–Crippen MR) is 287 cm³/mol. The second-order valence-corrected chi connectivity index (χ2v) is 21.0. The van der Waals surface area contributed by atoms with E-state index < -0.39 is 41.4 Å². The third kappa shape index (κ3) is 17.2. The minimum absolute atomic E-state index is 0.0223. The molecule has 3 aromatic carbocycles. The van der Waals surface area contributed by atoms with Crippen LogP contribution in [0, 0.1) is 19.3 Å². The minimum atomic E-state index is -1.03. The number of carbonyl (C=O) groups is 4. The predicted octanol–water partition coefficient (Wildman–Crippen LogP) is 6.71. The van der Waals surface area contributed by atoms with E-state index in [9.17, 15) is 29.4 Å². The van der Waals surface area contributed by atoms with Gasteiger partial charge >= 0.3 is 5.97 Å². The molecule has 1 aliphatic rings. The van der Waals surface area contributed by atoms with Crippen LogP contribution in [0.25, 0.3) is 21.5 Å². The van der Waals surface area contributed by atoms with Crippen molar-refractivity contribution in [3.05, 3.63) is 99.4 Å². The number of carbonyl (C=O) groups excluding carboxylic acids is 3. The lowest BCUT2D eigenvalue weighted by molar-refractivity contribution is -0.144. The largest absolute Gasteiger partial charge is 0.492 e. The van der Waals surface area contributed by atoms with Crippen LogP contribution in [0.4, 0.5) is 0 Å². The summed E-state index contributed by atoms with van der Waals surface area (Å²) in [5, 5.41) is 34.6. The van der Waals surface area contributed by atoms with Gasteiger partial charge in [-0.2, -0.15) is 4.98 Å². The van der Waals surface area contributed by atoms with E-state index in [1.54, 1.807) is 47.2 Å². The molecule has 1 aliphatic heterocycles. The molecule has 23 heteroatoms. The number of aromatic carboxylic acids is 1. The molecule has 3 atom stereocenters. The molecule has 77 heavy (non-hydrogen) atoms. The number of H-pyrrole nitrogens is 1. The van der Waals surface area contributed by atoms with E-state index in [0.717, 1.165) is 53.1 Å². The number of nitrogens with zero attached hydrogens (tertiary/aromatic N) is 6. The van der Waals surface area contributed by atoms with Crippen LogP contribution >= 0.6 is 22.9 Å².